The highest BCUT2D eigenvalue weighted by Gasteiger charge is 2.01. The first-order chi connectivity index (χ1) is 7.27. The number of nitrogens with zero attached hydrogens (tertiary/aromatic N) is 3. The van der Waals surface area contributed by atoms with Crippen molar-refractivity contribution < 1.29 is 0 Å². The molecule has 0 radical (unpaired) electrons. The Bertz CT molecular complexity index is 438. The van der Waals surface area contributed by atoms with Gasteiger partial charge in [0.25, 0.3) is 0 Å². The van der Waals surface area contributed by atoms with Gasteiger partial charge in [0.1, 0.15) is 0 Å². The van der Waals surface area contributed by atoms with Gasteiger partial charge in [0.2, 0.25) is 0 Å². The lowest BCUT2D eigenvalue weighted by molar-refractivity contribution is 1.12. The lowest BCUT2D eigenvalue weighted by Gasteiger charge is -2.12. The lowest BCUT2D eigenvalue weighted by Crippen LogP contribution is -2.08. The Morgan fingerprint density at radius 1 is 0.933 bits per heavy atom. The second-order valence-electron chi connectivity index (χ2n) is 3.51. The minimum atomic E-state index is 0.904. The lowest BCUT2D eigenvalue weighted by atomic mass is 10.2. The molecule has 76 valence electrons. The van der Waals surface area contributed by atoms with Crippen LogP contribution in [0, 0.1) is 0 Å². The van der Waals surface area contributed by atoms with Crippen LogP contribution in [0.4, 0.5) is 5.69 Å². The normalized spacial score (nSPS) is 10.0. The van der Waals surface area contributed by atoms with E-state index in [0.717, 1.165) is 17.1 Å². The summed E-state index contributed by atoms with van der Waals surface area (Å²) in [5.74, 6) is 0. The highest BCUT2D eigenvalue weighted by atomic mass is 15.1. The van der Waals surface area contributed by atoms with Gasteiger partial charge in [-0.25, -0.2) is 0 Å². The first-order valence-corrected chi connectivity index (χ1v) is 4.82. The van der Waals surface area contributed by atoms with Gasteiger partial charge in [0.05, 0.1) is 11.4 Å². The number of pyridine rings is 2. The largest absolute Gasteiger partial charge is 0.378 e. The number of hydrogen-bond acceptors (Lipinski definition) is 3. The van der Waals surface area contributed by atoms with Crippen molar-refractivity contribution in [2.45, 2.75) is 0 Å². The van der Waals surface area contributed by atoms with E-state index in [-0.39, 0.29) is 0 Å². The van der Waals surface area contributed by atoms with Crippen LogP contribution in [0.2, 0.25) is 0 Å². The van der Waals surface area contributed by atoms with Gasteiger partial charge in [0.15, 0.2) is 0 Å². The molecule has 0 fully saturated rings. The first kappa shape index (κ1) is 9.65. The molecule has 0 saturated heterocycles. The Kier molecular flexibility index (Phi) is 2.63. The summed E-state index contributed by atoms with van der Waals surface area (Å²) in [6, 6.07) is 9.84. The molecule has 3 nitrogen and oxygen atoms in total. The average molecular weight is 199 g/mol. The fraction of sp³-hybridized carbons (Fsp3) is 0.167. The number of aromatic nitrogens is 2. The Hall–Kier alpha value is -1.90. The molecule has 2 rings (SSSR count). The maximum atomic E-state index is 4.30. The quantitative estimate of drug-likeness (QED) is 0.742. The van der Waals surface area contributed by atoms with Crippen molar-refractivity contribution in [2.75, 3.05) is 19.0 Å². The summed E-state index contributed by atoms with van der Waals surface area (Å²) in [5, 5.41) is 0. The number of anilines is 1. The van der Waals surface area contributed by atoms with Gasteiger partial charge in [0, 0.05) is 32.2 Å². The van der Waals surface area contributed by atoms with Crippen LogP contribution in [-0.2, 0) is 0 Å². The minimum absolute atomic E-state index is 0.904. The average Bonchev–Trinajstić information content (AvgIpc) is 2.30. The molecule has 0 aliphatic rings. The third-order valence-corrected chi connectivity index (χ3v) is 2.19. The second kappa shape index (κ2) is 4.09. The summed E-state index contributed by atoms with van der Waals surface area (Å²) in [6.07, 6.45) is 3.58. The van der Waals surface area contributed by atoms with Gasteiger partial charge in [-0.05, 0) is 24.3 Å². The van der Waals surface area contributed by atoms with Crippen LogP contribution in [0.5, 0.6) is 0 Å². The molecule has 0 N–H and O–H groups in total. The third-order valence-electron chi connectivity index (χ3n) is 2.19. The van der Waals surface area contributed by atoms with Gasteiger partial charge in [-0.1, -0.05) is 6.07 Å². The monoisotopic (exact) mass is 199 g/mol. The Labute approximate surface area is 89.4 Å². The molecule has 0 aromatic carbocycles. The van der Waals surface area contributed by atoms with E-state index in [2.05, 4.69) is 9.97 Å². The highest BCUT2D eigenvalue weighted by Crippen LogP contribution is 2.18. The van der Waals surface area contributed by atoms with Gasteiger partial charge in [-0.15, -0.1) is 0 Å². The van der Waals surface area contributed by atoms with E-state index in [4.69, 9.17) is 0 Å². The zero-order chi connectivity index (χ0) is 10.7. The van der Waals surface area contributed by atoms with Gasteiger partial charge < -0.3 is 4.90 Å². The Morgan fingerprint density at radius 3 is 2.40 bits per heavy atom. The molecule has 15 heavy (non-hydrogen) atoms. The predicted molar refractivity (Wildman–Crippen MR) is 61.8 cm³/mol. The third kappa shape index (κ3) is 2.13. The Balaban J connectivity index is 2.42. The molecule has 0 saturated carbocycles. The van der Waals surface area contributed by atoms with Crippen LogP contribution in [-0.4, -0.2) is 24.1 Å². The van der Waals surface area contributed by atoms with Crippen molar-refractivity contribution in [1.29, 1.82) is 0 Å². The molecule has 0 aliphatic heterocycles. The molecule has 2 heterocycles. The fourth-order valence-electron chi connectivity index (χ4n) is 1.35. The first-order valence-electron chi connectivity index (χ1n) is 4.82. The van der Waals surface area contributed by atoms with Crippen molar-refractivity contribution in [3.63, 3.8) is 0 Å². The zero-order valence-electron chi connectivity index (χ0n) is 8.88. The molecular formula is C12H13N3. The van der Waals surface area contributed by atoms with Crippen molar-refractivity contribution in [3.8, 4) is 11.4 Å². The topological polar surface area (TPSA) is 29.0 Å². The molecular weight excluding hydrogens is 186 g/mol. The summed E-state index contributed by atoms with van der Waals surface area (Å²) in [5.41, 5.74) is 2.94. The van der Waals surface area contributed by atoms with Crippen LogP contribution in [0.1, 0.15) is 0 Å². The van der Waals surface area contributed by atoms with E-state index in [1.165, 1.54) is 0 Å². The van der Waals surface area contributed by atoms with Crippen LogP contribution < -0.4 is 4.90 Å². The fourth-order valence-corrected chi connectivity index (χ4v) is 1.35. The molecule has 3 heteroatoms. The highest BCUT2D eigenvalue weighted by molar-refractivity contribution is 5.60. The molecule has 2 aromatic rings. The van der Waals surface area contributed by atoms with Crippen molar-refractivity contribution in [2.24, 2.45) is 0 Å². The maximum absolute atomic E-state index is 4.30. The summed E-state index contributed by atoms with van der Waals surface area (Å²) < 4.78 is 0. The molecule has 0 unspecified atom stereocenters. The summed E-state index contributed by atoms with van der Waals surface area (Å²) in [4.78, 5) is 10.6. The number of hydrogen-bond donors (Lipinski definition) is 0. The smallest absolute Gasteiger partial charge is 0.0906 e. The molecule has 0 aliphatic carbocycles. The second-order valence-corrected chi connectivity index (χ2v) is 3.51. The summed E-state index contributed by atoms with van der Waals surface area (Å²) in [6.45, 7) is 0. The van der Waals surface area contributed by atoms with Gasteiger partial charge in [-0.2, -0.15) is 0 Å². The molecule has 0 bridgehead atoms. The standard InChI is InChI=1S/C12H13N3/c1-15(2)10-6-8-14-12(9-10)11-5-3-4-7-13-11/h3-9H,1-2H3. The van der Waals surface area contributed by atoms with E-state index in [1.54, 1.807) is 12.4 Å². The van der Waals surface area contributed by atoms with Gasteiger partial charge in [-0.3, -0.25) is 9.97 Å². The van der Waals surface area contributed by atoms with E-state index in [1.807, 2.05) is 49.3 Å². The molecule has 0 atom stereocenters. The van der Waals surface area contributed by atoms with Crippen LogP contribution in [0.15, 0.2) is 42.7 Å². The van der Waals surface area contributed by atoms with Crippen molar-refractivity contribution >= 4 is 5.69 Å². The van der Waals surface area contributed by atoms with E-state index >= 15 is 0 Å². The van der Waals surface area contributed by atoms with E-state index in [9.17, 15) is 0 Å². The van der Waals surface area contributed by atoms with Crippen LogP contribution in [0.3, 0.4) is 0 Å². The van der Waals surface area contributed by atoms with Crippen molar-refractivity contribution in [1.82, 2.24) is 9.97 Å². The van der Waals surface area contributed by atoms with E-state index < -0.39 is 0 Å². The SMILES string of the molecule is CN(C)c1ccnc(-c2ccccn2)c1. The minimum Gasteiger partial charge on any atom is -0.378 e. The molecule has 2 aromatic heterocycles. The van der Waals surface area contributed by atoms with Gasteiger partial charge >= 0.3 is 0 Å². The van der Waals surface area contributed by atoms with Crippen LogP contribution in [0.25, 0.3) is 11.4 Å². The van der Waals surface area contributed by atoms with Crippen molar-refractivity contribution in [3.05, 3.63) is 42.7 Å². The summed E-state index contributed by atoms with van der Waals surface area (Å²) >= 11 is 0. The predicted octanol–water partition coefficient (Wildman–Crippen LogP) is 2.21. The summed E-state index contributed by atoms with van der Waals surface area (Å²) in [7, 11) is 4.02. The van der Waals surface area contributed by atoms with Crippen LogP contribution >= 0.6 is 0 Å². The zero-order valence-corrected chi connectivity index (χ0v) is 8.88. The Morgan fingerprint density at radius 2 is 1.73 bits per heavy atom. The maximum Gasteiger partial charge on any atom is 0.0906 e. The number of rotatable bonds is 2. The molecule has 0 amide bonds. The molecule has 0 spiro atoms. The van der Waals surface area contributed by atoms with E-state index in [0.29, 0.717) is 0 Å².